The molecule has 0 aliphatic carbocycles. The Bertz CT molecular complexity index is 766. The molecule has 1 aliphatic rings. The minimum atomic E-state index is -0.0449. The van der Waals surface area contributed by atoms with Gasteiger partial charge in [0.05, 0.1) is 5.69 Å². The van der Waals surface area contributed by atoms with E-state index in [1.54, 1.807) is 25.1 Å². The molecule has 0 bridgehead atoms. The van der Waals surface area contributed by atoms with E-state index in [0.717, 1.165) is 37.2 Å². The van der Waals surface area contributed by atoms with Gasteiger partial charge in [0.1, 0.15) is 0 Å². The Morgan fingerprint density at radius 2 is 2.04 bits per heavy atom. The number of hydrogen-bond donors (Lipinski definition) is 2. The van der Waals surface area contributed by atoms with Crippen molar-refractivity contribution in [3.63, 3.8) is 0 Å². The molecule has 132 valence electrons. The Hall–Kier alpha value is -2.25. The maximum absolute atomic E-state index is 12.3. The van der Waals surface area contributed by atoms with Crippen LogP contribution in [0.4, 0.5) is 5.13 Å². The molecule has 0 unspecified atom stereocenters. The van der Waals surface area contributed by atoms with Crippen molar-refractivity contribution in [2.75, 3.05) is 32.5 Å². The minimum absolute atomic E-state index is 0.0407. The van der Waals surface area contributed by atoms with Gasteiger partial charge in [-0.1, -0.05) is 12.1 Å². The average molecular weight is 358 g/mol. The number of anilines is 1. The number of nitrogens with zero attached hydrogens (tertiary/aromatic N) is 2. The fraction of sp³-hybridized carbons (Fsp3) is 0.389. The standard InChI is InChI=1S/C18H22N4O2S/c1-22(2)17(24)14-5-3-4-13(10-14)15-11-25-18(20-15)21-16(23)12-6-8-19-9-7-12/h3-5,10-12,19H,6-9H2,1-2H3,(H,20,21,23). The lowest BCUT2D eigenvalue weighted by Gasteiger charge is -2.21. The van der Waals surface area contributed by atoms with Gasteiger partial charge in [0, 0.05) is 36.5 Å². The van der Waals surface area contributed by atoms with E-state index in [1.807, 2.05) is 23.6 Å². The van der Waals surface area contributed by atoms with Crippen molar-refractivity contribution in [2.45, 2.75) is 12.8 Å². The van der Waals surface area contributed by atoms with Gasteiger partial charge in [-0.05, 0) is 38.1 Å². The first-order valence-electron chi connectivity index (χ1n) is 8.34. The molecule has 2 aromatic rings. The summed E-state index contributed by atoms with van der Waals surface area (Å²) < 4.78 is 0. The minimum Gasteiger partial charge on any atom is -0.345 e. The topological polar surface area (TPSA) is 74.3 Å². The fourth-order valence-electron chi connectivity index (χ4n) is 2.83. The Morgan fingerprint density at radius 3 is 2.76 bits per heavy atom. The molecule has 1 aromatic carbocycles. The molecule has 3 rings (SSSR count). The number of carbonyl (C=O) groups is 2. The zero-order valence-corrected chi connectivity index (χ0v) is 15.2. The predicted octanol–water partition coefficient (Wildman–Crippen LogP) is 2.45. The molecule has 25 heavy (non-hydrogen) atoms. The highest BCUT2D eigenvalue weighted by Crippen LogP contribution is 2.26. The monoisotopic (exact) mass is 358 g/mol. The summed E-state index contributed by atoms with van der Waals surface area (Å²) in [6.07, 6.45) is 1.72. The average Bonchev–Trinajstić information content (AvgIpc) is 3.10. The molecule has 2 heterocycles. The number of benzene rings is 1. The summed E-state index contributed by atoms with van der Waals surface area (Å²) in [6.45, 7) is 1.77. The maximum Gasteiger partial charge on any atom is 0.253 e. The van der Waals surface area contributed by atoms with Crippen LogP contribution in [0.2, 0.25) is 0 Å². The van der Waals surface area contributed by atoms with E-state index in [9.17, 15) is 9.59 Å². The highest BCUT2D eigenvalue weighted by molar-refractivity contribution is 7.14. The normalized spacial score (nSPS) is 15.0. The zero-order valence-electron chi connectivity index (χ0n) is 14.4. The van der Waals surface area contributed by atoms with Crippen molar-refractivity contribution in [3.8, 4) is 11.3 Å². The third-order valence-corrected chi connectivity index (χ3v) is 5.01. The number of amides is 2. The van der Waals surface area contributed by atoms with Gasteiger partial charge in [-0.2, -0.15) is 0 Å². The second kappa shape index (κ2) is 7.76. The van der Waals surface area contributed by atoms with Crippen LogP contribution in [0.25, 0.3) is 11.3 Å². The Morgan fingerprint density at radius 1 is 1.28 bits per heavy atom. The van der Waals surface area contributed by atoms with Crippen LogP contribution in [0.5, 0.6) is 0 Å². The van der Waals surface area contributed by atoms with Crippen LogP contribution in [0.15, 0.2) is 29.6 Å². The molecule has 1 aliphatic heterocycles. The van der Waals surface area contributed by atoms with E-state index < -0.39 is 0 Å². The van der Waals surface area contributed by atoms with Crippen molar-refractivity contribution in [1.29, 1.82) is 0 Å². The molecule has 1 aromatic heterocycles. The smallest absolute Gasteiger partial charge is 0.253 e. The molecule has 0 spiro atoms. The van der Waals surface area contributed by atoms with Gasteiger partial charge in [0.25, 0.3) is 5.91 Å². The van der Waals surface area contributed by atoms with Crippen molar-refractivity contribution in [3.05, 3.63) is 35.2 Å². The number of nitrogens with one attached hydrogen (secondary N) is 2. The quantitative estimate of drug-likeness (QED) is 0.880. The molecular formula is C18H22N4O2S. The molecule has 2 N–H and O–H groups in total. The third-order valence-electron chi connectivity index (χ3n) is 4.26. The molecule has 2 amide bonds. The first-order valence-corrected chi connectivity index (χ1v) is 9.22. The molecule has 6 nitrogen and oxygen atoms in total. The molecule has 0 atom stereocenters. The summed E-state index contributed by atoms with van der Waals surface area (Å²) >= 11 is 1.40. The largest absolute Gasteiger partial charge is 0.345 e. The van der Waals surface area contributed by atoms with Crippen LogP contribution in [-0.4, -0.2) is 48.9 Å². The molecule has 7 heteroatoms. The number of carbonyl (C=O) groups excluding carboxylic acids is 2. The van der Waals surface area contributed by atoms with E-state index in [2.05, 4.69) is 15.6 Å². The lowest BCUT2D eigenvalue weighted by atomic mass is 9.97. The van der Waals surface area contributed by atoms with E-state index in [4.69, 9.17) is 0 Å². The third kappa shape index (κ3) is 4.24. The number of thiazole rings is 1. The van der Waals surface area contributed by atoms with Crippen LogP contribution in [0.1, 0.15) is 23.2 Å². The predicted molar refractivity (Wildman–Crippen MR) is 99.8 cm³/mol. The van der Waals surface area contributed by atoms with Crippen molar-refractivity contribution >= 4 is 28.3 Å². The lowest BCUT2D eigenvalue weighted by molar-refractivity contribution is -0.120. The van der Waals surface area contributed by atoms with Gasteiger partial charge >= 0.3 is 0 Å². The molecule has 0 radical (unpaired) electrons. The van der Waals surface area contributed by atoms with Crippen LogP contribution in [0, 0.1) is 5.92 Å². The number of piperidine rings is 1. The van der Waals surface area contributed by atoms with E-state index in [0.29, 0.717) is 10.7 Å². The molecular weight excluding hydrogens is 336 g/mol. The Balaban J connectivity index is 1.72. The van der Waals surface area contributed by atoms with Gasteiger partial charge in [-0.25, -0.2) is 4.98 Å². The van der Waals surface area contributed by atoms with E-state index in [-0.39, 0.29) is 17.7 Å². The molecule has 1 fully saturated rings. The second-order valence-corrected chi connectivity index (χ2v) is 7.19. The summed E-state index contributed by atoms with van der Waals surface area (Å²) in [6, 6.07) is 7.38. The van der Waals surface area contributed by atoms with Crippen LogP contribution < -0.4 is 10.6 Å². The summed E-state index contributed by atoms with van der Waals surface area (Å²) in [4.78, 5) is 30.5. The van der Waals surface area contributed by atoms with Crippen molar-refractivity contribution in [1.82, 2.24) is 15.2 Å². The summed E-state index contributed by atoms with van der Waals surface area (Å²) in [5, 5.41) is 8.68. The highest BCUT2D eigenvalue weighted by Gasteiger charge is 2.21. The van der Waals surface area contributed by atoms with Gasteiger partial charge < -0.3 is 15.5 Å². The SMILES string of the molecule is CN(C)C(=O)c1cccc(-c2csc(NC(=O)C3CCNCC3)n2)c1. The summed E-state index contributed by atoms with van der Waals surface area (Å²) in [7, 11) is 3.46. The van der Waals surface area contributed by atoms with Crippen molar-refractivity contribution < 1.29 is 9.59 Å². The zero-order chi connectivity index (χ0) is 17.8. The summed E-state index contributed by atoms with van der Waals surface area (Å²) in [5.41, 5.74) is 2.25. The highest BCUT2D eigenvalue weighted by atomic mass is 32.1. The van der Waals surface area contributed by atoms with Crippen molar-refractivity contribution in [2.24, 2.45) is 5.92 Å². The summed E-state index contributed by atoms with van der Waals surface area (Å²) in [5.74, 6) is 0.0464. The second-order valence-electron chi connectivity index (χ2n) is 6.33. The number of aromatic nitrogens is 1. The fourth-order valence-corrected chi connectivity index (χ4v) is 3.55. The van der Waals surface area contributed by atoms with Gasteiger partial charge in [0.15, 0.2) is 5.13 Å². The number of hydrogen-bond acceptors (Lipinski definition) is 5. The Labute approximate surface area is 151 Å². The van der Waals surface area contributed by atoms with E-state index in [1.165, 1.54) is 11.3 Å². The van der Waals surface area contributed by atoms with E-state index >= 15 is 0 Å². The molecule has 0 saturated carbocycles. The van der Waals surface area contributed by atoms with Crippen LogP contribution in [-0.2, 0) is 4.79 Å². The maximum atomic E-state index is 12.3. The van der Waals surface area contributed by atoms with Gasteiger partial charge in [-0.15, -0.1) is 11.3 Å². The first kappa shape index (κ1) is 17.6. The molecule has 1 saturated heterocycles. The first-order chi connectivity index (χ1) is 12.0. The van der Waals surface area contributed by atoms with Crippen LogP contribution in [0.3, 0.4) is 0 Å². The number of rotatable bonds is 4. The Kier molecular flexibility index (Phi) is 5.45. The van der Waals surface area contributed by atoms with Crippen LogP contribution >= 0.6 is 11.3 Å². The van der Waals surface area contributed by atoms with Gasteiger partial charge in [0.2, 0.25) is 5.91 Å². The lowest BCUT2D eigenvalue weighted by Crippen LogP contribution is -2.34. The van der Waals surface area contributed by atoms with Gasteiger partial charge in [-0.3, -0.25) is 9.59 Å².